The largest absolute Gasteiger partial charge is 0.352 e. The fourth-order valence-electron chi connectivity index (χ4n) is 2.52. The van der Waals surface area contributed by atoms with Gasteiger partial charge in [-0.3, -0.25) is 4.79 Å². The average Bonchev–Trinajstić information content (AvgIpc) is 2.72. The summed E-state index contributed by atoms with van der Waals surface area (Å²) in [6, 6.07) is 4.12. The molecule has 2 unspecified atom stereocenters. The van der Waals surface area contributed by atoms with Crippen LogP contribution < -0.4 is 5.32 Å². The highest BCUT2D eigenvalue weighted by molar-refractivity contribution is 9.10. The molecule has 2 nitrogen and oxygen atoms in total. The molecule has 2 atom stereocenters. The van der Waals surface area contributed by atoms with Gasteiger partial charge in [0.2, 0.25) is 0 Å². The van der Waals surface area contributed by atoms with Crippen molar-refractivity contribution in [1.29, 1.82) is 0 Å². The molecule has 98 valence electrons. The molecular weight excluding hydrogens is 297 g/mol. The van der Waals surface area contributed by atoms with Gasteiger partial charge in [0.1, 0.15) is 5.82 Å². The zero-order chi connectivity index (χ0) is 13.1. The number of halogens is 2. The third-order valence-electron chi connectivity index (χ3n) is 3.74. The van der Waals surface area contributed by atoms with Crippen molar-refractivity contribution < 1.29 is 9.18 Å². The highest BCUT2D eigenvalue weighted by Crippen LogP contribution is 2.30. The van der Waals surface area contributed by atoms with Gasteiger partial charge in [-0.1, -0.05) is 19.8 Å². The maximum Gasteiger partial charge on any atom is 0.252 e. The number of rotatable bonds is 3. The summed E-state index contributed by atoms with van der Waals surface area (Å²) in [4.78, 5) is 12.0. The fourth-order valence-corrected chi connectivity index (χ4v) is 3.05. The van der Waals surface area contributed by atoms with E-state index in [4.69, 9.17) is 0 Å². The van der Waals surface area contributed by atoms with Crippen molar-refractivity contribution in [3.63, 3.8) is 0 Å². The molecule has 1 N–H and O–H groups in total. The Balaban J connectivity index is 1.95. The van der Waals surface area contributed by atoms with E-state index in [1.165, 1.54) is 37.5 Å². The Bertz CT molecular complexity index is 449. The van der Waals surface area contributed by atoms with Gasteiger partial charge in [-0.15, -0.1) is 0 Å². The second kappa shape index (κ2) is 5.83. The lowest BCUT2D eigenvalue weighted by Gasteiger charge is -2.16. The van der Waals surface area contributed by atoms with Crippen molar-refractivity contribution in [3.8, 4) is 0 Å². The third-order valence-corrected chi connectivity index (χ3v) is 4.40. The molecule has 1 fully saturated rings. The van der Waals surface area contributed by atoms with Gasteiger partial charge >= 0.3 is 0 Å². The van der Waals surface area contributed by atoms with E-state index in [0.717, 1.165) is 0 Å². The van der Waals surface area contributed by atoms with Crippen LogP contribution in [0.25, 0.3) is 0 Å². The molecule has 18 heavy (non-hydrogen) atoms. The van der Waals surface area contributed by atoms with E-state index in [9.17, 15) is 9.18 Å². The van der Waals surface area contributed by atoms with Crippen LogP contribution in [0.3, 0.4) is 0 Å². The number of hydrogen-bond donors (Lipinski definition) is 1. The number of hydrogen-bond acceptors (Lipinski definition) is 1. The van der Waals surface area contributed by atoms with Crippen LogP contribution in [0.4, 0.5) is 4.39 Å². The van der Waals surface area contributed by atoms with Gasteiger partial charge in [0.05, 0.1) is 5.56 Å². The summed E-state index contributed by atoms with van der Waals surface area (Å²) in [5.74, 6) is 0.777. The molecule has 1 aliphatic rings. The van der Waals surface area contributed by atoms with Gasteiger partial charge in [0.15, 0.2) is 0 Å². The first-order valence-corrected chi connectivity index (χ1v) is 7.10. The first-order valence-electron chi connectivity index (χ1n) is 6.31. The van der Waals surface area contributed by atoms with E-state index in [1.807, 2.05) is 0 Å². The Labute approximate surface area is 115 Å². The van der Waals surface area contributed by atoms with Crippen LogP contribution >= 0.6 is 15.9 Å². The molecule has 1 amide bonds. The predicted octanol–water partition coefficient (Wildman–Crippen LogP) is 3.75. The summed E-state index contributed by atoms with van der Waals surface area (Å²) in [5.41, 5.74) is 0.488. The van der Waals surface area contributed by atoms with Crippen LogP contribution in [0, 0.1) is 17.7 Å². The normalized spacial score (nSPS) is 23.1. The van der Waals surface area contributed by atoms with Crippen LogP contribution in [0.15, 0.2) is 22.7 Å². The van der Waals surface area contributed by atoms with E-state index in [-0.39, 0.29) is 11.7 Å². The molecule has 0 bridgehead atoms. The number of amides is 1. The summed E-state index contributed by atoms with van der Waals surface area (Å²) < 4.78 is 13.4. The summed E-state index contributed by atoms with van der Waals surface area (Å²) in [7, 11) is 0. The minimum atomic E-state index is -0.345. The average molecular weight is 314 g/mol. The molecule has 1 aromatic rings. The van der Waals surface area contributed by atoms with Crippen molar-refractivity contribution in [1.82, 2.24) is 5.32 Å². The molecule has 0 aliphatic heterocycles. The van der Waals surface area contributed by atoms with Gasteiger partial charge in [0, 0.05) is 11.0 Å². The van der Waals surface area contributed by atoms with E-state index in [2.05, 4.69) is 28.2 Å². The molecule has 4 heteroatoms. The van der Waals surface area contributed by atoms with Crippen LogP contribution in [-0.2, 0) is 0 Å². The van der Waals surface area contributed by atoms with Crippen LogP contribution in [0.5, 0.6) is 0 Å². The number of carbonyl (C=O) groups excluding carboxylic acids is 1. The number of benzene rings is 1. The molecule has 0 radical (unpaired) electrons. The fraction of sp³-hybridized carbons (Fsp3) is 0.500. The maximum atomic E-state index is 12.9. The summed E-state index contributed by atoms with van der Waals surface area (Å²) in [6.45, 7) is 2.95. The number of nitrogens with one attached hydrogen (secondary N) is 1. The molecule has 2 rings (SSSR count). The Morgan fingerprint density at radius 2 is 2.28 bits per heavy atom. The van der Waals surface area contributed by atoms with E-state index in [1.54, 1.807) is 0 Å². The van der Waals surface area contributed by atoms with Crippen LogP contribution in [-0.4, -0.2) is 12.5 Å². The summed E-state index contributed by atoms with van der Waals surface area (Å²) in [6.07, 6.45) is 3.69. The maximum absolute atomic E-state index is 12.9. The predicted molar refractivity (Wildman–Crippen MR) is 72.9 cm³/mol. The van der Waals surface area contributed by atoms with E-state index >= 15 is 0 Å². The van der Waals surface area contributed by atoms with Crippen molar-refractivity contribution >= 4 is 21.8 Å². The minimum Gasteiger partial charge on any atom is -0.352 e. The van der Waals surface area contributed by atoms with Crippen molar-refractivity contribution in [2.24, 2.45) is 11.8 Å². The van der Waals surface area contributed by atoms with Gasteiger partial charge < -0.3 is 5.32 Å². The standard InChI is InChI=1S/C14H17BrFNO/c1-9-3-2-4-10(9)8-17-14(18)12-6-5-11(16)7-13(12)15/h5-7,9-10H,2-4,8H2,1H3,(H,17,18). The summed E-state index contributed by atoms with van der Waals surface area (Å²) >= 11 is 3.21. The van der Waals surface area contributed by atoms with Crippen LogP contribution in [0.2, 0.25) is 0 Å². The zero-order valence-electron chi connectivity index (χ0n) is 10.4. The second-order valence-corrected chi connectivity index (χ2v) is 5.86. The molecule has 1 saturated carbocycles. The molecule has 1 aromatic carbocycles. The lowest BCUT2D eigenvalue weighted by atomic mass is 9.98. The monoisotopic (exact) mass is 313 g/mol. The first kappa shape index (κ1) is 13.5. The number of carbonyl (C=O) groups is 1. The Hall–Kier alpha value is -0.900. The highest BCUT2D eigenvalue weighted by atomic mass is 79.9. The SMILES string of the molecule is CC1CCCC1CNC(=O)c1ccc(F)cc1Br. The van der Waals surface area contributed by atoms with Crippen LogP contribution in [0.1, 0.15) is 36.5 Å². The third kappa shape index (κ3) is 3.10. The zero-order valence-corrected chi connectivity index (χ0v) is 12.0. The Morgan fingerprint density at radius 1 is 1.50 bits per heavy atom. The van der Waals surface area contributed by atoms with Crippen molar-refractivity contribution in [2.75, 3.05) is 6.54 Å². The van der Waals surface area contributed by atoms with Crippen molar-refractivity contribution in [2.45, 2.75) is 26.2 Å². The molecule has 0 heterocycles. The molecule has 1 aliphatic carbocycles. The topological polar surface area (TPSA) is 29.1 Å². The van der Waals surface area contributed by atoms with E-state index in [0.29, 0.717) is 28.4 Å². The second-order valence-electron chi connectivity index (χ2n) is 5.00. The summed E-state index contributed by atoms with van der Waals surface area (Å²) in [5, 5.41) is 2.94. The van der Waals surface area contributed by atoms with Gasteiger partial charge in [-0.2, -0.15) is 0 Å². The van der Waals surface area contributed by atoms with Crippen molar-refractivity contribution in [3.05, 3.63) is 34.1 Å². The first-order chi connectivity index (χ1) is 8.58. The molecular formula is C14H17BrFNO. The quantitative estimate of drug-likeness (QED) is 0.904. The van der Waals surface area contributed by atoms with Gasteiger partial charge in [-0.25, -0.2) is 4.39 Å². The lowest BCUT2D eigenvalue weighted by molar-refractivity contribution is 0.0944. The van der Waals surface area contributed by atoms with Gasteiger partial charge in [-0.05, 0) is 52.4 Å². The Morgan fingerprint density at radius 3 is 2.89 bits per heavy atom. The molecule has 0 aromatic heterocycles. The lowest BCUT2D eigenvalue weighted by Crippen LogP contribution is -2.30. The minimum absolute atomic E-state index is 0.138. The Kier molecular flexibility index (Phi) is 4.38. The molecule has 0 spiro atoms. The highest BCUT2D eigenvalue weighted by Gasteiger charge is 2.23. The van der Waals surface area contributed by atoms with Gasteiger partial charge in [0.25, 0.3) is 5.91 Å². The van der Waals surface area contributed by atoms with E-state index < -0.39 is 0 Å². The smallest absolute Gasteiger partial charge is 0.252 e. The molecule has 0 saturated heterocycles.